The van der Waals surface area contributed by atoms with Crippen molar-refractivity contribution in [2.75, 3.05) is 0 Å². The highest BCUT2D eigenvalue weighted by molar-refractivity contribution is 6.01. The second-order valence-electron chi connectivity index (χ2n) is 7.70. The Labute approximate surface area is 176 Å². The zero-order valence-electron chi connectivity index (χ0n) is 17.6. The molecular formula is C22H29N3O5. The van der Waals surface area contributed by atoms with Gasteiger partial charge in [-0.1, -0.05) is 50.8 Å². The van der Waals surface area contributed by atoms with Gasteiger partial charge in [0.05, 0.1) is 5.70 Å². The molecule has 3 atom stereocenters. The van der Waals surface area contributed by atoms with Crippen LogP contribution in [-0.2, 0) is 30.3 Å². The predicted octanol–water partition coefficient (Wildman–Crippen LogP) is 1.21. The van der Waals surface area contributed by atoms with Crippen molar-refractivity contribution >= 4 is 23.7 Å². The van der Waals surface area contributed by atoms with E-state index in [9.17, 15) is 19.2 Å². The Morgan fingerprint density at radius 2 is 1.70 bits per heavy atom. The lowest BCUT2D eigenvalue weighted by atomic mass is 10.0. The fraction of sp³-hybridized carbons (Fsp3) is 0.455. The molecule has 1 aliphatic heterocycles. The van der Waals surface area contributed by atoms with Crippen LogP contribution in [0, 0.1) is 5.92 Å². The number of aryl methyl sites for hydroxylation is 1. The Hall–Kier alpha value is -3.16. The van der Waals surface area contributed by atoms with Crippen LogP contribution in [0.5, 0.6) is 0 Å². The first kappa shape index (κ1) is 23.1. The summed E-state index contributed by atoms with van der Waals surface area (Å²) >= 11 is 0. The summed E-state index contributed by atoms with van der Waals surface area (Å²) in [6.45, 7) is 8.45. The number of hydrogen-bond donors (Lipinski definition) is 3. The molecule has 0 bridgehead atoms. The zero-order chi connectivity index (χ0) is 22.3. The molecule has 1 aromatic carbocycles. The SMILES string of the molecule is C=C1NC(=O)[C@H](CCCc2ccccc2)NC(=O)[C@H](C(C)C)OC(=O)[C@H](C)NC1=O. The lowest BCUT2D eigenvalue weighted by Gasteiger charge is -2.27. The fourth-order valence-corrected chi connectivity index (χ4v) is 3.03. The first-order valence-electron chi connectivity index (χ1n) is 10.0. The van der Waals surface area contributed by atoms with E-state index in [4.69, 9.17) is 4.74 Å². The van der Waals surface area contributed by atoms with Gasteiger partial charge in [-0.3, -0.25) is 14.4 Å². The highest BCUT2D eigenvalue weighted by Gasteiger charge is 2.33. The van der Waals surface area contributed by atoms with Crippen LogP contribution in [0.1, 0.15) is 39.2 Å². The fourth-order valence-electron chi connectivity index (χ4n) is 3.03. The largest absolute Gasteiger partial charge is 0.450 e. The van der Waals surface area contributed by atoms with Crippen LogP contribution in [0.25, 0.3) is 0 Å². The molecule has 1 fully saturated rings. The minimum absolute atomic E-state index is 0.206. The summed E-state index contributed by atoms with van der Waals surface area (Å²) in [4.78, 5) is 50.0. The van der Waals surface area contributed by atoms with Gasteiger partial charge < -0.3 is 20.7 Å². The van der Waals surface area contributed by atoms with Crippen LogP contribution >= 0.6 is 0 Å². The van der Waals surface area contributed by atoms with E-state index in [0.29, 0.717) is 12.8 Å². The first-order valence-corrected chi connectivity index (χ1v) is 10.0. The number of carbonyl (C=O) groups is 4. The Morgan fingerprint density at radius 3 is 2.33 bits per heavy atom. The van der Waals surface area contributed by atoms with Gasteiger partial charge in [-0.2, -0.15) is 0 Å². The Balaban J connectivity index is 2.18. The van der Waals surface area contributed by atoms with E-state index in [1.165, 1.54) is 6.92 Å². The van der Waals surface area contributed by atoms with Crippen molar-refractivity contribution in [2.45, 2.75) is 58.2 Å². The molecule has 3 N–H and O–H groups in total. The molecular weight excluding hydrogens is 386 g/mol. The van der Waals surface area contributed by atoms with Crippen LogP contribution < -0.4 is 16.0 Å². The third-order valence-electron chi connectivity index (χ3n) is 4.79. The van der Waals surface area contributed by atoms with Crippen LogP contribution in [0.3, 0.4) is 0 Å². The number of benzene rings is 1. The van der Waals surface area contributed by atoms with Crippen LogP contribution in [0.15, 0.2) is 42.6 Å². The summed E-state index contributed by atoms with van der Waals surface area (Å²) in [6, 6.07) is 7.87. The smallest absolute Gasteiger partial charge is 0.329 e. The van der Waals surface area contributed by atoms with Gasteiger partial charge >= 0.3 is 5.97 Å². The van der Waals surface area contributed by atoms with Gasteiger partial charge in [-0.05, 0) is 37.7 Å². The van der Waals surface area contributed by atoms with E-state index in [0.717, 1.165) is 12.0 Å². The van der Waals surface area contributed by atoms with E-state index >= 15 is 0 Å². The maximum absolute atomic E-state index is 12.8. The number of cyclic esters (lactones) is 1. The molecule has 1 aromatic rings. The molecule has 1 aliphatic rings. The summed E-state index contributed by atoms with van der Waals surface area (Å²) < 4.78 is 5.32. The number of rotatable bonds is 5. The van der Waals surface area contributed by atoms with E-state index < -0.39 is 41.9 Å². The first-order chi connectivity index (χ1) is 14.2. The Morgan fingerprint density at radius 1 is 1.03 bits per heavy atom. The van der Waals surface area contributed by atoms with Crippen molar-refractivity contribution < 1.29 is 23.9 Å². The molecule has 0 spiro atoms. The molecule has 8 heteroatoms. The average molecular weight is 415 g/mol. The molecule has 1 saturated heterocycles. The molecule has 2 rings (SSSR count). The lowest BCUT2D eigenvalue weighted by Crippen LogP contribution is -2.54. The van der Waals surface area contributed by atoms with Crippen molar-refractivity contribution in [2.24, 2.45) is 5.92 Å². The van der Waals surface area contributed by atoms with Gasteiger partial charge in [-0.15, -0.1) is 0 Å². The molecule has 162 valence electrons. The predicted molar refractivity (Wildman–Crippen MR) is 111 cm³/mol. The molecule has 0 aromatic heterocycles. The summed E-state index contributed by atoms with van der Waals surface area (Å²) in [5.41, 5.74) is 0.909. The number of nitrogens with one attached hydrogen (secondary N) is 3. The topological polar surface area (TPSA) is 114 Å². The Bertz CT molecular complexity index is 806. The van der Waals surface area contributed by atoms with Crippen molar-refractivity contribution in [1.82, 2.24) is 16.0 Å². The number of carbonyl (C=O) groups excluding carboxylic acids is 4. The zero-order valence-corrected chi connectivity index (χ0v) is 17.6. The number of hydrogen-bond acceptors (Lipinski definition) is 5. The second kappa shape index (κ2) is 10.6. The third kappa shape index (κ3) is 6.43. The van der Waals surface area contributed by atoms with Crippen molar-refractivity contribution in [1.29, 1.82) is 0 Å². The van der Waals surface area contributed by atoms with Gasteiger partial charge in [-0.25, -0.2) is 4.79 Å². The van der Waals surface area contributed by atoms with E-state index in [-0.39, 0.29) is 11.6 Å². The number of amides is 3. The highest BCUT2D eigenvalue weighted by Crippen LogP contribution is 2.12. The molecule has 0 radical (unpaired) electrons. The quantitative estimate of drug-likeness (QED) is 0.494. The molecule has 0 saturated carbocycles. The minimum atomic E-state index is -1.08. The van der Waals surface area contributed by atoms with Crippen LogP contribution in [0.2, 0.25) is 0 Å². The standard InChI is InChI=1S/C22H29N3O5/c1-13(2)18-21(28)25-17(12-8-11-16-9-6-5-7-10-16)20(27)23-14(3)19(26)24-15(4)22(29)30-18/h5-7,9-10,13,15,17-18H,3,8,11-12H2,1-2,4H3,(H,23,27)(H,24,26)(H,25,28)/t15-,17-,18-/m0/s1. The lowest BCUT2D eigenvalue weighted by molar-refractivity contribution is -0.161. The molecule has 8 nitrogen and oxygen atoms in total. The van der Waals surface area contributed by atoms with Gasteiger partial charge in [0, 0.05) is 0 Å². The minimum Gasteiger partial charge on any atom is -0.450 e. The van der Waals surface area contributed by atoms with Gasteiger partial charge in [0.25, 0.3) is 11.8 Å². The molecule has 0 aliphatic carbocycles. The van der Waals surface area contributed by atoms with Gasteiger partial charge in [0.1, 0.15) is 12.1 Å². The van der Waals surface area contributed by atoms with Crippen molar-refractivity contribution in [3.63, 3.8) is 0 Å². The molecule has 0 unspecified atom stereocenters. The number of esters is 1. The molecule has 3 amide bonds. The van der Waals surface area contributed by atoms with Gasteiger partial charge in [0.2, 0.25) is 5.91 Å². The Kier molecular flexibility index (Phi) is 8.15. The van der Waals surface area contributed by atoms with E-state index in [1.54, 1.807) is 13.8 Å². The summed E-state index contributed by atoms with van der Waals surface area (Å²) in [5, 5.41) is 7.52. The van der Waals surface area contributed by atoms with E-state index in [1.807, 2.05) is 30.3 Å². The summed E-state index contributed by atoms with van der Waals surface area (Å²) in [5.74, 6) is -2.84. The van der Waals surface area contributed by atoms with Gasteiger partial charge in [0.15, 0.2) is 6.10 Å². The maximum atomic E-state index is 12.8. The van der Waals surface area contributed by atoms with E-state index in [2.05, 4.69) is 22.5 Å². The normalized spacial score (nSPS) is 23.6. The average Bonchev–Trinajstić information content (AvgIpc) is 2.70. The monoisotopic (exact) mass is 415 g/mol. The van der Waals surface area contributed by atoms with Crippen LogP contribution in [0.4, 0.5) is 0 Å². The van der Waals surface area contributed by atoms with Crippen molar-refractivity contribution in [3.8, 4) is 0 Å². The summed E-state index contributed by atoms with van der Waals surface area (Å²) in [7, 11) is 0. The highest BCUT2D eigenvalue weighted by atomic mass is 16.5. The third-order valence-corrected chi connectivity index (χ3v) is 4.79. The van der Waals surface area contributed by atoms with Crippen LogP contribution in [-0.4, -0.2) is 41.9 Å². The molecule has 30 heavy (non-hydrogen) atoms. The maximum Gasteiger partial charge on any atom is 0.329 e. The van der Waals surface area contributed by atoms with Crippen molar-refractivity contribution in [3.05, 3.63) is 48.2 Å². The number of ether oxygens (including phenoxy) is 1. The molecule has 1 heterocycles. The summed E-state index contributed by atoms with van der Waals surface area (Å²) in [6.07, 6.45) is 0.617. The second-order valence-corrected chi connectivity index (χ2v) is 7.70.